The number of hydrogen-bond acceptors (Lipinski definition) is 3. The van der Waals surface area contributed by atoms with E-state index in [1.807, 2.05) is 13.1 Å². The van der Waals surface area contributed by atoms with Crippen molar-refractivity contribution >= 4 is 21.6 Å². The first kappa shape index (κ1) is 12.9. The molecular weight excluding hydrogens is 301 g/mol. The number of nitrogens with two attached hydrogens (primary N) is 1. The van der Waals surface area contributed by atoms with Gasteiger partial charge >= 0.3 is 0 Å². The molecule has 0 spiro atoms. The lowest BCUT2D eigenvalue weighted by molar-refractivity contribution is 0.306. The number of anilines is 1. The molecule has 0 bridgehead atoms. The molecule has 0 saturated heterocycles. The summed E-state index contributed by atoms with van der Waals surface area (Å²) in [7, 11) is 0. The van der Waals surface area contributed by atoms with Crippen molar-refractivity contribution in [1.29, 1.82) is 0 Å². The van der Waals surface area contributed by atoms with E-state index in [0.717, 1.165) is 12.1 Å². The van der Waals surface area contributed by atoms with Gasteiger partial charge in [0.15, 0.2) is 0 Å². The Balaban J connectivity index is 2.08. The highest BCUT2D eigenvalue weighted by molar-refractivity contribution is 9.10. The Bertz CT molecular complexity index is 556. The van der Waals surface area contributed by atoms with Crippen LogP contribution in [0.4, 0.5) is 10.1 Å². The third-order valence-corrected chi connectivity index (χ3v) is 3.07. The molecule has 0 aliphatic carbocycles. The Labute approximate surface area is 113 Å². The first-order valence-corrected chi connectivity index (χ1v) is 6.28. The van der Waals surface area contributed by atoms with Crippen LogP contribution in [0.3, 0.4) is 0 Å². The van der Waals surface area contributed by atoms with Crippen LogP contribution in [-0.4, -0.2) is 9.78 Å². The van der Waals surface area contributed by atoms with E-state index < -0.39 is 5.82 Å². The Kier molecular flexibility index (Phi) is 3.86. The number of halogens is 2. The monoisotopic (exact) mass is 313 g/mol. The van der Waals surface area contributed by atoms with Crippen molar-refractivity contribution < 1.29 is 9.13 Å². The molecule has 1 aromatic heterocycles. The summed E-state index contributed by atoms with van der Waals surface area (Å²) in [5.74, 6) is -0.0663. The van der Waals surface area contributed by atoms with Gasteiger partial charge in [0, 0.05) is 24.4 Å². The molecule has 0 amide bonds. The average molecular weight is 314 g/mol. The van der Waals surface area contributed by atoms with E-state index in [0.29, 0.717) is 22.5 Å². The van der Waals surface area contributed by atoms with Crippen LogP contribution in [0.25, 0.3) is 0 Å². The lowest BCUT2D eigenvalue weighted by Gasteiger charge is -2.08. The van der Waals surface area contributed by atoms with Gasteiger partial charge in [0.05, 0.1) is 16.4 Å². The van der Waals surface area contributed by atoms with Crippen LogP contribution < -0.4 is 10.5 Å². The van der Waals surface area contributed by atoms with Crippen molar-refractivity contribution in [1.82, 2.24) is 9.78 Å². The van der Waals surface area contributed by atoms with Crippen LogP contribution in [0.15, 0.2) is 29.0 Å². The molecular formula is C12H13BrFN3O. The van der Waals surface area contributed by atoms with E-state index in [1.165, 1.54) is 12.1 Å². The van der Waals surface area contributed by atoms with Crippen molar-refractivity contribution in [2.24, 2.45) is 0 Å². The van der Waals surface area contributed by atoms with Gasteiger partial charge < -0.3 is 10.5 Å². The van der Waals surface area contributed by atoms with Crippen LogP contribution >= 0.6 is 15.9 Å². The number of hydrogen-bond donors (Lipinski definition) is 1. The molecule has 4 nitrogen and oxygen atoms in total. The molecule has 0 aliphatic heterocycles. The van der Waals surface area contributed by atoms with Crippen molar-refractivity contribution in [3.63, 3.8) is 0 Å². The molecule has 1 heterocycles. The standard InChI is InChI=1S/C12H13BrFN3O/c1-2-17-6-8(5-16-17)7-18-12-4-10(14)9(13)3-11(12)15/h3-6H,2,7,15H2,1H3. The molecule has 2 N–H and O–H groups in total. The quantitative estimate of drug-likeness (QED) is 0.883. The van der Waals surface area contributed by atoms with Crippen molar-refractivity contribution in [2.75, 3.05) is 5.73 Å². The number of aromatic nitrogens is 2. The first-order valence-electron chi connectivity index (χ1n) is 5.48. The van der Waals surface area contributed by atoms with Crippen molar-refractivity contribution in [3.05, 3.63) is 40.4 Å². The van der Waals surface area contributed by atoms with Crippen molar-refractivity contribution in [2.45, 2.75) is 20.1 Å². The highest BCUT2D eigenvalue weighted by Crippen LogP contribution is 2.28. The van der Waals surface area contributed by atoms with Crippen LogP contribution in [-0.2, 0) is 13.2 Å². The van der Waals surface area contributed by atoms with Gasteiger partial charge in [-0.25, -0.2) is 4.39 Å². The van der Waals surface area contributed by atoms with E-state index >= 15 is 0 Å². The SMILES string of the molecule is CCn1cc(COc2cc(F)c(Br)cc2N)cn1. The Morgan fingerprint density at radius 2 is 2.28 bits per heavy atom. The summed E-state index contributed by atoms with van der Waals surface area (Å²) >= 11 is 3.06. The summed E-state index contributed by atoms with van der Waals surface area (Å²) in [6.45, 7) is 3.11. The summed E-state index contributed by atoms with van der Waals surface area (Å²) < 4.78 is 20.9. The van der Waals surface area contributed by atoms with Gasteiger partial charge in [-0.2, -0.15) is 5.10 Å². The highest BCUT2D eigenvalue weighted by atomic mass is 79.9. The fourth-order valence-corrected chi connectivity index (χ4v) is 1.85. The van der Waals surface area contributed by atoms with Gasteiger partial charge in [-0.3, -0.25) is 4.68 Å². The fraction of sp³-hybridized carbons (Fsp3) is 0.250. The second kappa shape index (κ2) is 5.39. The van der Waals surface area contributed by atoms with Gasteiger partial charge in [0.2, 0.25) is 0 Å². The van der Waals surface area contributed by atoms with E-state index in [2.05, 4.69) is 21.0 Å². The molecule has 0 fully saturated rings. The van der Waals surface area contributed by atoms with Crippen LogP contribution in [0.2, 0.25) is 0 Å². The fourth-order valence-electron chi connectivity index (χ4n) is 1.48. The molecule has 96 valence electrons. The minimum absolute atomic E-state index is 0.311. The van der Waals surface area contributed by atoms with E-state index in [4.69, 9.17) is 10.5 Å². The Morgan fingerprint density at radius 1 is 1.50 bits per heavy atom. The summed E-state index contributed by atoms with van der Waals surface area (Å²) in [5, 5.41) is 4.12. The number of nitrogen functional groups attached to an aromatic ring is 1. The van der Waals surface area contributed by atoms with Crippen LogP contribution in [0.1, 0.15) is 12.5 Å². The number of rotatable bonds is 4. The molecule has 2 rings (SSSR count). The molecule has 0 atom stereocenters. The lowest BCUT2D eigenvalue weighted by atomic mass is 10.3. The molecule has 0 radical (unpaired) electrons. The summed E-state index contributed by atoms with van der Waals surface area (Å²) in [6.07, 6.45) is 3.60. The predicted molar refractivity (Wildman–Crippen MR) is 70.7 cm³/mol. The van der Waals surface area contributed by atoms with Crippen molar-refractivity contribution in [3.8, 4) is 5.75 Å². The number of aryl methyl sites for hydroxylation is 1. The molecule has 1 aromatic carbocycles. The third-order valence-electron chi connectivity index (χ3n) is 2.46. The summed E-state index contributed by atoms with van der Waals surface area (Å²) in [5.41, 5.74) is 7.05. The molecule has 18 heavy (non-hydrogen) atoms. The zero-order chi connectivity index (χ0) is 13.1. The topological polar surface area (TPSA) is 53.1 Å². The molecule has 6 heteroatoms. The maximum Gasteiger partial charge on any atom is 0.145 e. The van der Waals surface area contributed by atoms with Gasteiger partial charge in [-0.15, -0.1) is 0 Å². The van der Waals surface area contributed by atoms with Crippen LogP contribution in [0.5, 0.6) is 5.75 Å². The maximum absolute atomic E-state index is 13.3. The number of ether oxygens (including phenoxy) is 1. The minimum atomic E-state index is -0.400. The normalized spacial score (nSPS) is 10.6. The van der Waals surface area contributed by atoms with Gasteiger partial charge in [0.25, 0.3) is 0 Å². The zero-order valence-electron chi connectivity index (χ0n) is 9.86. The second-order valence-electron chi connectivity index (χ2n) is 3.80. The van der Waals surface area contributed by atoms with E-state index in [1.54, 1.807) is 10.9 Å². The summed E-state index contributed by atoms with van der Waals surface area (Å²) in [4.78, 5) is 0. The summed E-state index contributed by atoms with van der Waals surface area (Å²) in [6, 6.07) is 2.75. The largest absolute Gasteiger partial charge is 0.487 e. The zero-order valence-corrected chi connectivity index (χ0v) is 11.4. The smallest absolute Gasteiger partial charge is 0.145 e. The first-order chi connectivity index (χ1) is 8.60. The predicted octanol–water partition coefficient (Wildman–Crippen LogP) is 2.97. The minimum Gasteiger partial charge on any atom is -0.487 e. The second-order valence-corrected chi connectivity index (χ2v) is 4.65. The average Bonchev–Trinajstić information content (AvgIpc) is 2.80. The van der Waals surface area contributed by atoms with E-state index in [-0.39, 0.29) is 0 Å². The van der Waals surface area contributed by atoms with Gasteiger partial charge in [-0.1, -0.05) is 0 Å². The lowest BCUT2D eigenvalue weighted by Crippen LogP contribution is -1.99. The molecule has 0 unspecified atom stereocenters. The maximum atomic E-state index is 13.3. The Hall–Kier alpha value is -1.56. The highest BCUT2D eigenvalue weighted by Gasteiger charge is 2.08. The van der Waals surface area contributed by atoms with Crippen LogP contribution in [0, 0.1) is 5.82 Å². The molecule has 2 aromatic rings. The third kappa shape index (κ3) is 2.81. The van der Waals surface area contributed by atoms with E-state index in [9.17, 15) is 4.39 Å². The molecule has 0 aliphatic rings. The number of benzene rings is 1. The van der Waals surface area contributed by atoms with Gasteiger partial charge in [0.1, 0.15) is 18.2 Å². The molecule has 0 saturated carbocycles. The van der Waals surface area contributed by atoms with Gasteiger partial charge in [-0.05, 0) is 28.9 Å². The Morgan fingerprint density at radius 3 is 2.94 bits per heavy atom. The number of nitrogens with zero attached hydrogens (tertiary/aromatic N) is 2.